The Morgan fingerprint density at radius 2 is 2.10 bits per heavy atom. The van der Waals surface area contributed by atoms with Gasteiger partial charge in [-0.15, -0.1) is 0 Å². The summed E-state index contributed by atoms with van der Waals surface area (Å²) in [5, 5.41) is 20.9. The number of aliphatic hydroxyl groups is 2. The van der Waals surface area contributed by atoms with Crippen LogP contribution in [0.5, 0.6) is 0 Å². The molecule has 0 radical (unpaired) electrons. The van der Waals surface area contributed by atoms with Crippen LogP contribution in [-0.4, -0.2) is 34.6 Å². The molecule has 1 aromatic carbocycles. The van der Waals surface area contributed by atoms with Gasteiger partial charge in [-0.2, -0.15) is 13.2 Å². The first-order chi connectivity index (χ1) is 9.60. The SMILES string of the molecule is CC1(CO)NC(O)N(c2ccc(Cl)c(C(F)(F)F)c2)C1=O. The second-order valence-electron chi connectivity index (χ2n) is 4.85. The maximum atomic E-state index is 12.8. The van der Waals surface area contributed by atoms with Crippen molar-refractivity contribution in [1.29, 1.82) is 0 Å². The average molecular weight is 325 g/mol. The number of amides is 1. The highest BCUT2D eigenvalue weighted by Gasteiger charge is 2.48. The third kappa shape index (κ3) is 2.71. The van der Waals surface area contributed by atoms with Gasteiger partial charge >= 0.3 is 6.18 Å². The van der Waals surface area contributed by atoms with Crippen LogP contribution in [0.1, 0.15) is 12.5 Å². The molecule has 0 bridgehead atoms. The Labute approximate surface area is 122 Å². The maximum absolute atomic E-state index is 12.8. The van der Waals surface area contributed by atoms with Crippen LogP contribution in [0.4, 0.5) is 18.9 Å². The third-order valence-electron chi connectivity index (χ3n) is 3.23. The highest BCUT2D eigenvalue weighted by Crippen LogP contribution is 2.38. The second kappa shape index (κ2) is 5.13. The molecular formula is C12H12ClF3N2O3. The van der Waals surface area contributed by atoms with E-state index in [0.717, 1.165) is 11.0 Å². The molecule has 0 aromatic heterocycles. The Balaban J connectivity index is 2.46. The van der Waals surface area contributed by atoms with E-state index in [0.29, 0.717) is 6.07 Å². The molecule has 116 valence electrons. The summed E-state index contributed by atoms with van der Waals surface area (Å²) in [4.78, 5) is 12.9. The van der Waals surface area contributed by atoms with Crippen molar-refractivity contribution in [2.45, 2.75) is 25.0 Å². The molecule has 0 saturated carbocycles. The van der Waals surface area contributed by atoms with E-state index in [-0.39, 0.29) is 5.69 Å². The number of alkyl halides is 3. The second-order valence-corrected chi connectivity index (χ2v) is 5.25. The molecule has 1 amide bonds. The smallest absolute Gasteiger partial charge is 0.394 e. The normalized spacial score (nSPS) is 26.5. The van der Waals surface area contributed by atoms with Gasteiger partial charge in [-0.1, -0.05) is 11.6 Å². The number of anilines is 1. The lowest BCUT2D eigenvalue weighted by molar-refractivity contribution is -0.137. The number of halogens is 4. The van der Waals surface area contributed by atoms with E-state index in [1.807, 2.05) is 0 Å². The lowest BCUT2D eigenvalue weighted by Crippen LogP contribution is -2.47. The minimum atomic E-state index is -4.69. The Bertz CT molecular complexity index is 581. The van der Waals surface area contributed by atoms with Gasteiger partial charge in [-0.25, -0.2) is 0 Å². The molecule has 2 unspecified atom stereocenters. The monoisotopic (exact) mass is 324 g/mol. The fourth-order valence-corrected chi connectivity index (χ4v) is 2.26. The van der Waals surface area contributed by atoms with Gasteiger partial charge in [0.15, 0.2) is 6.35 Å². The predicted molar refractivity (Wildman–Crippen MR) is 68.6 cm³/mol. The summed E-state index contributed by atoms with van der Waals surface area (Å²) in [5.41, 5.74) is -2.74. The molecule has 9 heteroatoms. The molecule has 1 fully saturated rings. The fraction of sp³-hybridized carbons (Fsp3) is 0.417. The van der Waals surface area contributed by atoms with Crippen LogP contribution >= 0.6 is 11.6 Å². The van der Waals surface area contributed by atoms with E-state index in [4.69, 9.17) is 11.6 Å². The van der Waals surface area contributed by atoms with E-state index < -0.39 is 41.2 Å². The van der Waals surface area contributed by atoms with Crippen molar-refractivity contribution in [3.63, 3.8) is 0 Å². The Morgan fingerprint density at radius 1 is 1.48 bits per heavy atom. The number of rotatable bonds is 2. The Kier molecular flexibility index (Phi) is 3.92. The summed E-state index contributed by atoms with van der Waals surface area (Å²) < 4.78 is 38.5. The number of carbonyl (C=O) groups excluding carboxylic acids is 1. The minimum absolute atomic E-state index is 0.172. The van der Waals surface area contributed by atoms with Gasteiger partial charge in [0.1, 0.15) is 5.54 Å². The Morgan fingerprint density at radius 3 is 2.57 bits per heavy atom. The summed E-state index contributed by atoms with van der Waals surface area (Å²) in [6.45, 7) is 0.720. The largest absolute Gasteiger partial charge is 0.417 e. The number of benzene rings is 1. The van der Waals surface area contributed by atoms with E-state index in [1.54, 1.807) is 0 Å². The molecule has 2 rings (SSSR count). The van der Waals surface area contributed by atoms with Gasteiger partial charge in [-0.05, 0) is 25.1 Å². The fourth-order valence-electron chi connectivity index (χ4n) is 2.04. The van der Waals surface area contributed by atoms with Crippen LogP contribution in [0.15, 0.2) is 18.2 Å². The maximum Gasteiger partial charge on any atom is 0.417 e. The number of nitrogens with one attached hydrogen (secondary N) is 1. The summed E-state index contributed by atoms with van der Waals surface area (Å²) in [6.07, 6.45) is -6.23. The number of nitrogens with zero attached hydrogens (tertiary/aromatic N) is 1. The van der Waals surface area contributed by atoms with Gasteiger partial charge in [0.2, 0.25) is 0 Å². The van der Waals surface area contributed by atoms with Gasteiger partial charge < -0.3 is 10.2 Å². The number of carbonyl (C=O) groups is 1. The molecular weight excluding hydrogens is 313 g/mol. The van der Waals surface area contributed by atoms with Crippen molar-refractivity contribution < 1.29 is 28.2 Å². The first-order valence-corrected chi connectivity index (χ1v) is 6.25. The highest BCUT2D eigenvalue weighted by atomic mass is 35.5. The molecule has 1 aromatic rings. The van der Waals surface area contributed by atoms with Crippen LogP contribution in [0.2, 0.25) is 5.02 Å². The minimum Gasteiger partial charge on any atom is -0.394 e. The van der Waals surface area contributed by atoms with E-state index >= 15 is 0 Å². The molecule has 21 heavy (non-hydrogen) atoms. The van der Waals surface area contributed by atoms with Gasteiger partial charge in [0.05, 0.1) is 17.2 Å². The van der Waals surface area contributed by atoms with Crippen molar-refractivity contribution in [2.75, 3.05) is 11.5 Å². The predicted octanol–water partition coefficient (Wildman–Crippen LogP) is 1.32. The number of hydrogen-bond donors (Lipinski definition) is 3. The van der Waals surface area contributed by atoms with Crippen LogP contribution < -0.4 is 10.2 Å². The lowest BCUT2D eigenvalue weighted by atomic mass is 10.0. The number of aliphatic hydroxyl groups excluding tert-OH is 2. The number of hydrogen-bond acceptors (Lipinski definition) is 4. The average Bonchev–Trinajstić information content (AvgIpc) is 2.61. The van der Waals surface area contributed by atoms with Gasteiger partial charge in [-0.3, -0.25) is 15.0 Å². The first kappa shape index (κ1) is 16.0. The summed E-state index contributed by atoms with van der Waals surface area (Å²) >= 11 is 5.50. The molecule has 1 saturated heterocycles. The topological polar surface area (TPSA) is 72.8 Å². The summed E-state index contributed by atoms with van der Waals surface area (Å²) in [5.74, 6) is -0.743. The van der Waals surface area contributed by atoms with Crippen LogP contribution in [0.3, 0.4) is 0 Å². The quantitative estimate of drug-likeness (QED) is 0.767. The van der Waals surface area contributed by atoms with E-state index in [9.17, 15) is 28.2 Å². The molecule has 5 nitrogen and oxygen atoms in total. The third-order valence-corrected chi connectivity index (χ3v) is 3.56. The zero-order chi connectivity index (χ0) is 16.0. The molecule has 2 atom stereocenters. The molecule has 3 N–H and O–H groups in total. The van der Waals surface area contributed by atoms with E-state index in [1.165, 1.54) is 13.0 Å². The van der Waals surface area contributed by atoms with Crippen molar-refractivity contribution in [2.24, 2.45) is 0 Å². The summed E-state index contributed by atoms with van der Waals surface area (Å²) in [6, 6.07) is 2.85. The van der Waals surface area contributed by atoms with Gasteiger partial charge in [0, 0.05) is 5.69 Å². The van der Waals surface area contributed by atoms with Crippen molar-refractivity contribution in [1.82, 2.24) is 5.32 Å². The lowest BCUT2D eigenvalue weighted by Gasteiger charge is -2.22. The molecule has 1 heterocycles. The van der Waals surface area contributed by atoms with Crippen LogP contribution in [0.25, 0.3) is 0 Å². The summed E-state index contributed by atoms with van der Waals surface area (Å²) in [7, 11) is 0. The standard InChI is InChI=1S/C12H12ClF3N2O3/c1-11(5-19)9(20)18(10(21)17-11)6-2-3-8(13)7(4-6)12(14,15)16/h2-4,10,17,19,21H,5H2,1H3. The van der Waals surface area contributed by atoms with Crippen LogP contribution in [-0.2, 0) is 11.0 Å². The zero-order valence-corrected chi connectivity index (χ0v) is 11.5. The van der Waals surface area contributed by atoms with E-state index in [2.05, 4.69) is 5.32 Å². The zero-order valence-electron chi connectivity index (χ0n) is 10.8. The van der Waals surface area contributed by atoms with Crippen molar-refractivity contribution in [3.8, 4) is 0 Å². The van der Waals surface area contributed by atoms with Crippen molar-refractivity contribution >= 4 is 23.2 Å². The highest BCUT2D eigenvalue weighted by molar-refractivity contribution is 6.31. The van der Waals surface area contributed by atoms with Crippen molar-refractivity contribution in [3.05, 3.63) is 28.8 Å². The van der Waals surface area contributed by atoms with Gasteiger partial charge in [0.25, 0.3) is 5.91 Å². The molecule has 0 spiro atoms. The molecule has 0 aliphatic carbocycles. The molecule has 1 aliphatic heterocycles. The molecule has 1 aliphatic rings. The Hall–Kier alpha value is -1.35. The van der Waals surface area contributed by atoms with Crippen LogP contribution in [0, 0.1) is 0 Å². The first-order valence-electron chi connectivity index (χ1n) is 5.87.